The molecule has 0 spiro atoms. The topological polar surface area (TPSA) is 38.8 Å². The number of hydrogen-bond acceptors (Lipinski definition) is 3. The van der Waals surface area contributed by atoms with E-state index in [1.807, 2.05) is 31.7 Å². The molecule has 0 atom stereocenters. The minimum atomic E-state index is -0.434. The molecule has 2 radical (unpaired) electrons. The molecule has 1 amide bonds. The largest absolute Gasteiger partial charge is 0.494 e. The molecule has 1 aliphatic heterocycles. The number of amides is 1. The van der Waals surface area contributed by atoms with E-state index in [-0.39, 0.29) is 6.09 Å². The summed E-state index contributed by atoms with van der Waals surface area (Å²) in [4.78, 5) is 13.9. The SMILES string of the molecule is [B]c1ccc(OCCCC2CCN(C(=O)OC(C)(C)C)CC2)cc1Cl. The molecule has 0 aromatic heterocycles. The second-order valence-corrected chi connectivity index (χ2v) is 7.99. The molecule has 0 saturated carbocycles. The average Bonchev–Trinajstić information content (AvgIpc) is 2.54. The molecular formula is C19H27BClNO3. The number of halogens is 1. The fraction of sp³-hybridized carbons (Fsp3) is 0.632. The van der Waals surface area contributed by atoms with Crippen LogP contribution in [0, 0.1) is 5.92 Å². The minimum Gasteiger partial charge on any atom is -0.494 e. The molecule has 1 heterocycles. The maximum absolute atomic E-state index is 12.1. The molecule has 1 aromatic carbocycles. The van der Waals surface area contributed by atoms with Gasteiger partial charge >= 0.3 is 6.09 Å². The Morgan fingerprint density at radius 2 is 2.00 bits per heavy atom. The van der Waals surface area contributed by atoms with Crippen LogP contribution in [0.4, 0.5) is 4.79 Å². The van der Waals surface area contributed by atoms with E-state index in [0.717, 1.165) is 44.5 Å². The molecule has 2 rings (SSSR count). The lowest BCUT2D eigenvalue weighted by molar-refractivity contribution is 0.0179. The molecule has 25 heavy (non-hydrogen) atoms. The summed E-state index contributed by atoms with van der Waals surface area (Å²) in [6, 6.07) is 5.33. The zero-order chi connectivity index (χ0) is 18.4. The van der Waals surface area contributed by atoms with Gasteiger partial charge in [0, 0.05) is 18.1 Å². The highest BCUT2D eigenvalue weighted by Gasteiger charge is 2.26. The highest BCUT2D eigenvalue weighted by Crippen LogP contribution is 2.24. The Bertz CT molecular complexity index is 581. The van der Waals surface area contributed by atoms with Crippen LogP contribution in [-0.4, -0.2) is 44.1 Å². The quantitative estimate of drug-likeness (QED) is 0.587. The van der Waals surface area contributed by atoms with Gasteiger partial charge in [0.05, 0.1) is 6.61 Å². The van der Waals surface area contributed by atoms with E-state index < -0.39 is 5.60 Å². The van der Waals surface area contributed by atoms with Gasteiger partial charge in [0.2, 0.25) is 0 Å². The third-order valence-electron chi connectivity index (χ3n) is 4.26. The van der Waals surface area contributed by atoms with Crippen molar-refractivity contribution in [3.8, 4) is 5.75 Å². The van der Waals surface area contributed by atoms with Crippen molar-refractivity contribution in [2.45, 2.75) is 52.1 Å². The number of ether oxygens (including phenoxy) is 2. The predicted molar refractivity (Wildman–Crippen MR) is 102 cm³/mol. The Morgan fingerprint density at radius 3 is 2.60 bits per heavy atom. The van der Waals surface area contributed by atoms with E-state index in [2.05, 4.69) is 0 Å². The van der Waals surface area contributed by atoms with E-state index in [4.69, 9.17) is 28.9 Å². The van der Waals surface area contributed by atoms with Crippen LogP contribution < -0.4 is 10.2 Å². The lowest BCUT2D eigenvalue weighted by Gasteiger charge is -2.33. The first-order valence-corrected chi connectivity index (χ1v) is 9.28. The van der Waals surface area contributed by atoms with Crippen molar-refractivity contribution in [1.29, 1.82) is 0 Å². The van der Waals surface area contributed by atoms with Gasteiger partial charge in [0.1, 0.15) is 19.2 Å². The lowest BCUT2D eigenvalue weighted by Crippen LogP contribution is -2.41. The Labute approximate surface area is 157 Å². The van der Waals surface area contributed by atoms with Crippen LogP contribution in [0.3, 0.4) is 0 Å². The molecule has 1 aromatic rings. The summed E-state index contributed by atoms with van der Waals surface area (Å²) in [7, 11) is 5.68. The van der Waals surface area contributed by atoms with E-state index in [9.17, 15) is 4.79 Å². The molecule has 1 aliphatic rings. The van der Waals surface area contributed by atoms with Crippen LogP contribution in [0.2, 0.25) is 5.02 Å². The summed E-state index contributed by atoms with van der Waals surface area (Å²) in [5.41, 5.74) is 0.127. The summed E-state index contributed by atoms with van der Waals surface area (Å²) in [6.07, 6.45) is 3.93. The van der Waals surface area contributed by atoms with Crippen LogP contribution in [0.25, 0.3) is 0 Å². The van der Waals surface area contributed by atoms with Crippen molar-refractivity contribution in [3.05, 3.63) is 23.2 Å². The lowest BCUT2D eigenvalue weighted by atomic mass is 9.92. The molecule has 1 saturated heterocycles. The number of carbonyl (C=O) groups excluding carboxylic acids is 1. The van der Waals surface area contributed by atoms with Gasteiger partial charge < -0.3 is 14.4 Å². The van der Waals surface area contributed by atoms with E-state index in [1.54, 1.807) is 12.1 Å². The van der Waals surface area contributed by atoms with E-state index >= 15 is 0 Å². The summed E-state index contributed by atoms with van der Waals surface area (Å²) in [5.74, 6) is 1.39. The fourth-order valence-electron chi connectivity index (χ4n) is 2.89. The van der Waals surface area contributed by atoms with Gasteiger partial charge in [-0.3, -0.25) is 0 Å². The van der Waals surface area contributed by atoms with Gasteiger partial charge in [-0.2, -0.15) is 0 Å². The first-order valence-electron chi connectivity index (χ1n) is 8.90. The van der Waals surface area contributed by atoms with Gasteiger partial charge in [0.15, 0.2) is 0 Å². The zero-order valence-electron chi connectivity index (χ0n) is 15.4. The monoisotopic (exact) mass is 363 g/mol. The average molecular weight is 364 g/mol. The van der Waals surface area contributed by atoms with Crippen LogP contribution in [0.5, 0.6) is 5.75 Å². The van der Waals surface area contributed by atoms with Crippen molar-refractivity contribution in [1.82, 2.24) is 4.90 Å². The van der Waals surface area contributed by atoms with Crippen LogP contribution in [-0.2, 0) is 4.74 Å². The third-order valence-corrected chi connectivity index (χ3v) is 4.59. The first kappa shape index (κ1) is 20.0. The van der Waals surface area contributed by atoms with Crippen molar-refractivity contribution in [3.63, 3.8) is 0 Å². The van der Waals surface area contributed by atoms with Crippen LogP contribution in [0.15, 0.2) is 18.2 Å². The molecule has 1 fully saturated rings. The van der Waals surface area contributed by atoms with E-state index in [0.29, 0.717) is 23.0 Å². The van der Waals surface area contributed by atoms with Gasteiger partial charge in [0.25, 0.3) is 0 Å². The van der Waals surface area contributed by atoms with Gasteiger partial charge in [-0.1, -0.05) is 23.1 Å². The predicted octanol–water partition coefficient (Wildman–Crippen LogP) is 3.94. The molecule has 0 N–H and O–H groups in total. The van der Waals surface area contributed by atoms with Gasteiger partial charge in [-0.25, -0.2) is 4.79 Å². The molecule has 0 aliphatic carbocycles. The summed E-state index contributed by atoms with van der Waals surface area (Å²) < 4.78 is 11.1. The van der Waals surface area contributed by atoms with E-state index in [1.165, 1.54) is 0 Å². The van der Waals surface area contributed by atoms with Crippen molar-refractivity contribution < 1.29 is 14.3 Å². The number of carbonyl (C=O) groups is 1. The van der Waals surface area contributed by atoms with Crippen LogP contribution >= 0.6 is 11.6 Å². The Kier molecular flexibility index (Phi) is 7.06. The molecule has 0 bridgehead atoms. The number of hydrogen-bond donors (Lipinski definition) is 0. The smallest absolute Gasteiger partial charge is 0.410 e. The second-order valence-electron chi connectivity index (χ2n) is 7.58. The number of nitrogens with zero attached hydrogens (tertiary/aromatic N) is 1. The first-order chi connectivity index (χ1) is 11.7. The van der Waals surface area contributed by atoms with Crippen LogP contribution in [0.1, 0.15) is 46.5 Å². The second kappa shape index (κ2) is 8.84. The summed E-state index contributed by atoms with van der Waals surface area (Å²) in [5, 5.41) is 0.520. The normalized spacial score (nSPS) is 15.9. The Balaban J connectivity index is 1.64. The van der Waals surface area contributed by atoms with Crippen molar-refractivity contribution >= 4 is 31.0 Å². The molecule has 4 nitrogen and oxygen atoms in total. The number of likely N-dealkylation sites (tertiary alicyclic amines) is 1. The maximum Gasteiger partial charge on any atom is 0.410 e. The molecule has 6 heteroatoms. The van der Waals surface area contributed by atoms with Crippen molar-refractivity contribution in [2.24, 2.45) is 5.92 Å². The fourth-order valence-corrected chi connectivity index (χ4v) is 3.06. The van der Waals surface area contributed by atoms with Crippen molar-refractivity contribution in [2.75, 3.05) is 19.7 Å². The molecule has 0 unspecified atom stereocenters. The molecular weight excluding hydrogens is 336 g/mol. The highest BCUT2D eigenvalue weighted by molar-refractivity contribution is 6.45. The Morgan fingerprint density at radius 1 is 1.32 bits per heavy atom. The summed E-state index contributed by atoms with van der Waals surface area (Å²) in [6.45, 7) is 7.89. The minimum absolute atomic E-state index is 0.200. The standard InChI is InChI=1S/C19H27BClNO3/c1-19(2,3)25-18(23)22-10-8-14(9-11-22)5-4-12-24-15-6-7-16(20)17(21)13-15/h6-7,13-14H,4-5,8-12H2,1-3H3. The summed E-state index contributed by atoms with van der Waals surface area (Å²) >= 11 is 5.98. The number of benzene rings is 1. The zero-order valence-corrected chi connectivity index (χ0v) is 16.1. The highest BCUT2D eigenvalue weighted by atomic mass is 35.5. The maximum atomic E-state index is 12.1. The molecule has 136 valence electrons. The number of rotatable bonds is 5. The third kappa shape index (κ3) is 6.81. The van der Waals surface area contributed by atoms with Gasteiger partial charge in [-0.05, 0) is 64.5 Å². The Hall–Kier alpha value is -1.36. The number of piperidine rings is 1. The van der Waals surface area contributed by atoms with Gasteiger partial charge in [-0.15, -0.1) is 0 Å².